The fraction of sp³-hybridized carbons (Fsp3) is 0.385. The second-order valence-corrected chi connectivity index (χ2v) is 3.50. The summed E-state index contributed by atoms with van der Waals surface area (Å²) in [5, 5.41) is 3.20. The van der Waals surface area contributed by atoms with E-state index < -0.39 is 0 Å². The van der Waals surface area contributed by atoms with Crippen molar-refractivity contribution in [2.45, 2.75) is 6.92 Å². The van der Waals surface area contributed by atoms with Gasteiger partial charge in [-0.3, -0.25) is 0 Å². The molecule has 0 saturated heterocycles. The van der Waals surface area contributed by atoms with E-state index in [2.05, 4.69) is 18.8 Å². The molecule has 88 valence electrons. The van der Waals surface area contributed by atoms with Crippen LogP contribution in [-0.4, -0.2) is 26.8 Å². The Labute approximate surface area is 97.1 Å². The summed E-state index contributed by atoms with van der Waals surface area (Å²) in [6.07, 6.45) is 0. The quantitative estimate of drug-likeness (QED) is 0.716. The van der Waals surface area contributed by atoms with E-state index >= 15 is 0 Å². The zero-order valence-corrected chi connectivity index (χ0v) is 9.95. The first-order valence-corrected chi connectivity index (χ1v) is 5.40. The molecule has 0 radical (unpaired) electrons. The molecular weight excluding hydrogens is 202 g/mol. The fourth-order valence-corrected chi connectivity index (χ4v) is 1.23. The zero-order valence-electron chi connectivity index (χ0n) is 9.95. The molecule has 0 heterocycles. The molecule has 0 bridgehead atoms. The number of ether oxygens (including phenoxy) is 2. The molecule has 1 aromatic rings. The van der Waals surface area contributed by atoms with Crippen molar-refractivity contribution in [3.63, 3.8) is 0 Å². The van der Waals surface area contributed by atoms with E-state index in [0.717, 1.165) is 30.2 Å². The van der Waals surface area contributed by atoms with Gasteiger partial charge in [-0.1, -0.05) is 19.6 Å². The lowest BCUT2D eigenvalue weighted by Crippen LogP contribution is -2.18. The zero-order chi connectivity index (χ0) is 11.8. The van der Waals surface area contributed by atoms with Crippen LogP contribution in [0.4, 0.5) is 0 Å². The third-order valence-electron chi connectivity index (χ3n) is 2.11. The molecule has 0 fully saturated rings. The van der Waals surface area contributed by atoms with Gasteiger partial charge in [-0.2, -0.15) is 0 Å². The summed E-state index contributed by atoms with van der Waals surface area (Å²) in [4.78, 5) is 0. The highest BCUT2D eigenvalue weighted by molar-refractivity contribution is 5.33. The summed E-state index contributed by atoms with van der Waals surface area (Å²) < 4.78 is 10.7. The van der Waals surface area contributed by atoms with Crippen LogP contribution in [0.15, 0.2) is 36.4 Å². The molecule has 0 unspecified atom stereocenters. The van der Waals surface area contributed by atoms with Gasteiger partial charge < -0.3 is 14.8 Å². The first-order chi connectivity index (χ1) is 7.76. The van der Waals surface area contributed by atoms with Crippen molar-refractivity contribution in [1.82, 2.24) is 5.32 Å². The SMILES string of the molecule is C=C(CNCC)COc1cccc(OC)c1. The molecule has 0 atom stereocenters. The summed E-state index contributed by atoms with van der Waals surface area (Å²) in [7, 11) is 1.64. The highest BCUT2D eigenvalue weighted by atomic mass is 16.5. The molecule has 3 nitrogen and oxygen atoms in total. The van der Waals surface area contributed by atoms with Crippen LogP contribution >= 0.6 is 0 Å². The topological polar surface area (TPSA) is 30.5 Å². The third-order valence-corrected chi connectivity index (χ3v) is 2.11. The smallest absolute Gasteiger partial charge is 0.123 e. The van der Waals surface area contributed by atoms with Crippen molar-refractivity contribution in [3.8, 4) is 11.5 Å². The summed E-state index contributed by atoms with van der Waals surface area (Å²) in [5.41, 5.74) is 1.03. The van der Waals surface area contributed by atoms with Crippen LogP contribution in [0.5, 0.6) is 11.5 Å². The number of likely N-dealkylation sites (N-methyl/N-ethyl adjacent to an activating group) is 1. The van der Waals surface area contributed by atoms with Crippen molar-refractivity contribution in [1.29, 1.82) is 0 Å². The van der Waals surface area contributed by atoms with Gasteiger partial charge in [0.15, 0.2) is 0 Å². The van der Waals surface area contributed by atoms with Crippen LogP contribution in [-0.2, 0) is 0 Å². The Bertz CT molecular complexity index is 336. The Morgan fingerprint density at radius 3 is 2.81 bits per heavy atom. The van der Waals surface area contributed by atoms with Gasteiger partial charge in [0.2, 0.25) is 0 Å². The van der Waals surface area contributed by atoms with E-state index in [-0.39, 0.29) is 0 Å². The van der Waals surface area contributed by atoms with Gasteiger partial charge in [0, 0.05) is 12.6 Å². The summed E-state index contributed by atoms with van der Waals surface area (Å²) in [5.74, 6) is 1.60. The van der Waals surface area contributed by atoms with Crippen molar-refractivity contribution in [3.05, 3.63) is 36.4 Å². The lowest BCUT2D eigenvalue weighted by molar-refractivity contribution is 0.344. The number of nitrogens with one attached hydrogen (secondary N) is 1. The second kappa shape index (κ2) is 6.90. The average molecular weight is 221 g/mol. The van der Waals surface area contributed by atoms with E-state index in [0.29, 0.717) is 6.61 Å². The van der Waals surface area contributed by atoms with Crippen LogP contribution in [0.3, 0.4) is 0 Å². The Hall–Kier alpha value is -1.48. The normalized spacial score (nSPS) is 9.88. The molecule has 0 aromatic heterocycles. The van der Waals surface area contributed by atoms with Crippen molar-refractivity contribution < 1.29 is 9.47 Å². The predicted octanol–water partition coefficient (Wildman–Crippen LogP) is 2.24. The molecule has 0 spiro atoms. The maximum absolute atomic E-state index is 5.59. The van der Waals surface area contributed by atoms with Crippen molar-refractivity contribution in [2.75, 3.05) is 26.8 Å². The Balaban J connectivity index is 2.38. The van der Waals surface area contributed by atoms with Crippen molar-refractivity contribution in [2.24, 2.45) is 0 Å². The van der Waals surface area contributed by atoms with Gasteiger partial charge in [-0.05, 0) is 24.3 Å². The maximum atomic E-state index is 5.59. The molecule has 0 aliphatic carbocycles. The summed E-state index contributed by atoms with van der Waals surface area (Å²) in [6.45, 7) is 8.26. The number of rotatable bonds is 7. The molecule has 16 heavy (non-hydrogen) atoms. The highest BCUT2D eigenvalue weighted by Crippen LogP contribution is 2.19. The first-order valence-electron chi connectivity index (χ1n) is 5.40. The van der Waals surface area contributed by atoms with Crippen LogP contribution in [0.1, 0.15) is 6.92 Å². The van der Waals surface area contributed by atoms with E-state index in [4.69, 9.17) is 9.47 Å². The summed E-state index contributed by atoms with van der Waals surface area (Å²) >= 11 is 0. The molecule has 0 amide bonds. The number of methoxy groups -OCH3 is 1. The minimum atomic E-state index is 0.528. The molecular formula is C13H19NO2. The Kier molecular flexibility index (Phi) is 5.43. The maximum Gasteiger partial charge on any atom is 0.123 e. The minimum absolute atomic E-state index is 0.528. The van der Waals surface area contributed by atoms with Gasteiger partial charge >= 0.3 is 0 Å². The van der Waals surface area contributed by atoms with Gasteiger partial charge in [0.05, 0.1) is 7.11 Å². The fourth-order valence-electron chi connectivity index (χ4n) is 1.23. The van der Waals surface area contributed by atoms with E-state index in [1.807, 2.05) is 24.3 Å². The van der Waals surface area contributed by atoms with E-state index in [1.165, 1.54) is 0 Å². The van der Waals surface area contributed by atoms with E-state index in [1.54, 1.807) is 7.11 Å². The first kappa shape index (κ1) is 12.6. The standard InChI is InChI=1S/C13H19NO2/c1-4-14-9-11(2)10-16-13-7-5-6-12(8-13)15-3/h5-8,14H,2,4,9-10H2,1,3H3. The lowest BCUT2D eigenvalue weighted by Gasteiger charge is -2.09. The third kappa shape index (κ3) is 4.36. The summed E-state index contributed by atoms with van der Waals surface area (Å²) in [6, 6.07) is 7.56. The van der Waals surface area contributed by atoms with Crippen LogP contribution < -0.4 is 14.8 Å². The molecule has 0 aliphatic rings. The minimum Gasteiger partial charge on any atom is -0.497 e. The molecule has 3 heteroatoms. The number of benzene rings is 1. The molecule has 1 aromatic carbocycles. The largest absolute Gasteiger partial charge is 0.497 e. The van der Waals surface area contributed by atoms with Gasteiger partial charge in [-0.25, -0.2) is 0 Å². The number of hydrogen-bond donors (Lipinski definition) is 1. The second-order valence-electron chi connectivity index (χ2n) is 3.50. The lowest BCUT2D eigenvalue weighted by atomic mass is 10.3. The Morgan fingerprint density at radius 1 is 1.38 bits per heavy atom. The Morgan fingerprint density at radius 2 is 2.12 bits per heavy atom. The highest BCUT2D eigenvalue weighted by Gasteiger charge is 1.98. The van der Waals surface area contributed by atoms with E-state index in [9.17, 15) is 0 Å². The molecule has 1 rings (SSSR count). The van der Waals surface area contributed by atoms with Crippen LogP contribution in [0, 0.1) is 0 Å². The van der Waals surface area contributed by atoms with Crippen LogP contribution in [0.2, 0.25) is 0 Å². The average Bonchev–Trinajstić information content (AvgIpc) is 2.34. The predicted molar refractivity (Wildman–Crippen MR) is 66.2 cm³/mol. The van der Waals surface area contributed by atoms with Crippen molar-refractivity contribution >= 4 is 0 Å². The molecule has 0 aliphatic heterocycles. The van der Waals surface area contributed by atoms with Crippen LogP contribution in [0.25, 0.3) is 0 Å². The van der Waals surface area contributed by atoms with Gasteiger partial charge in [0.25, 0.3) is 0 Å². The monoisotopic (exact) mass is 221 g/mol. The van der Waals surface area contributed by atoms with Gasteiger partial charge in [0.1, 0.15) is 18.1 Å². The molecule has 0 saturated carbocycles. The number of hydrogen-bond acceptors (Lipinski definition) is 3. The molecule has 1 N–H and O–H groups in total. The van der Waals surface area contributed by atoms with Gasteiger partial charge in [-0.15, -0.1) is 0 Å².